The van der Waals surface area contributed by atoms with E-state index in [2.05, 4.69) is 0 Å². The van der Waals surface area contributed by atoms with Gasteiger partial charge in [0, 0.05) is 35.9 Å². The van der Waals surface area contributed by atoms with Gasteiger partial charge in [0.25, 0.3) is 0 Å². The fourth-order valence-corrected chi connectivity index (χ4v) is 3.11. The van der Waals surface area contributed by atoms with Crippen LogP contribution in [0.25, 0.3) is 0 Å². The zero-order chi connectivity index (χ0) is 20.0. The van der Waals surface area contributed by atoms with Crippen LogP contribution in [0.4, 0.5) is 0 Å². The number of nitrogens with zero attached hydrogens (tertiary/aromatic N) is 2. The van der Waals surface area contributed by atoms with E-state index in [4.69, 9.17) is 4.74 Å². The molecule has 0 unspecified atom stereocenters. The molecule has 7 heteroatoms. The van der Waals surface area contributed by atoms with Gasteiger partial charge >= 0.3 is 0 Å². The second kappa shape index (κ2) is 21.1. The third kappa shape index (κ3) is 24.8. The first-order valence-electron chi connectivity index (χ1n) is 10.9. The van der Waals surface area contributed by atoms with Gasteiger partial charge in [0.2, 0.25) is 13.1 Å². The summed E-state index contributed by atoms with van der Waals surface area (Å²) in [7, 11) is 0. The Hall–Kier alpha value is -1.24. The highest BCUT2D eigenvalue weighted by Crippen LogP contribution is 2.10. The highest BCUT2D eigenvalue weighted by molar-refractivity contribution is 4.49. The first-order valence-corrected chi connectivity index (χ1v) is 10.9. The van der Waals surface area contributed by atoms with Gasteiger partial charge in [0.15, 0.2) is 0 Å². The molecule has 0 fully saturated rings. The van der Waals surface area contributed by atoms with E-state index in [1.807, 2.05) is 0 Å². The molecule has 0 aromatic heterocycles. The summed E-state index contributed by atoms with van der Waals surface area (Å²) in [6.07, 6.45) is 17.6. The average molecular weight is 389 g/mol. The lowest BCUT2D eigenvalue weighted by atomic mass is 10.1. The summed E-state index contributed by atoms with van der Waals surface area (Å²) >= 11 is 0. The summed E-state index contributed by atoms with van der Waals surface area (Å²) in [6, 6.07) is 0. The smallest absolute Gasteiger partial charge is 0.203 e. The molecule has 160 valence electrons. The quantitative estimate of drug-likeness (QED) is 0.133. The molecule has 27 heavy (non-hydrogen) atoms. The van der Waals surface area contributed by atoms with Gasteiger partial charge in [0.1, 0.15) is 0 Å². The van der Waals surface area contributed by atoms with Crippen LogP contribution < -0.4 is 0 Å². The minimum Gasteiger partial charge on any atom is -0.381 e. The van der Waals surface area contributed by atoms with E-state index in [0.29, 0.717) is 12.8 Å². The van der Waals surface area contributed by atoms with Gasteiger partial charge in [-0.1, -0.05) is 64.2 Å². The van der Waals surface area contributed by atoms with Crippen LogP contribution >= 0.6 is 0 Å². The molecule has 0 N–H and O–H groups in total. The highest BCUT2D eigenvalue weighted by Gasteiger charge is 1.98. The maximum Gasteiger partial charge on any atom is 0.203 e. The van der Waals surface area contributed by atoms with Crippen LogP contribution in [0.1, 0.15) is 103 Å². The van der Waals surface area contributed by atoms with Crippen LogP contribution in [-0.4, -0.2) is 36.1 Å². The summed E-state index contributed by atoms with van der Waals surface area (Å²) in [6.45, 7) is 1.95. The molecule has 0 radical (unpaired) electrons. The van der Waals surface area contributed by atoms with Crippen molar-refractivity contribution in [3.8, 4) is 0 Å². The fraction of sp³-hybridized carbons (Fsp3) is 1.00. The lowest BCUT2D eigenvalue weighted by molar-refractivity contribution is -0.480. The van der Waals surface area contributed by atoms with Crippen molar-refractivity contribution in [2.75, 3.05) is 26.3 Å². The molecule has 0 amide bonds. The molecule has 0 aromatic rings. The zero-order valence-electron chi connectivity index (χ0n) is 17.1. The first-order chi connectivity index (χ1) is 13.1. The predicted octanol–water partition coefficient (Wildman–Crippen LogP) is 5.80. The normalized spacial score (nSPS) is 11.0. The van der Waals surface area contributed by atoms with Crippen molar-refractivity contribution in [2.45, 2.75) is 103 Å². The van der Waals surface area contributed by atoms with E-state index in [9.17, 15) is 20.2 Å². The van der Waals surface area contributed by atoms with Gasteiger partial charge in [-0.2, -0.15) is 0 Å². The van der Waals surface area contributed by atoms with E-state index < -0.39 is 0 Å². The third-order valence-corrected chi connectivity index (χ3v) is 4.76. The molecule has 0 atom stereocenters. The molecule has 0 rings (SSSR count). The minimum atomic E-state index is -0.231. The molecule has 0 aliphatic rings. The number of rotatable bonds is 22. The molecule has 0 aliphatic carbocycles. The van der Waals surface area contributed by atoms with Crippen molar-refractivity contribution in [3.63, 3.8) is 0 Å². The second-order valence-corrected chi connectivity index (χ2v) is 7.38. The Bertz CT molecular complexity index is 321. The summed E-state index contributed by atoms with van der Waals surface area (Å²) in [5.74, 6) is 0. The van der Waals surface area contributed by atoms with E-state index in [0.717, 1.165) is 51.7 Å². The van der Waals surface area contributed by atoms with Crippen molar-refractivity contribution in [3.05, 3.63) is 20.2 Å². The van der Waals surface area contributed by atoms with Crippen molar-refractivity contribution in [1.82, 2.24) is 0 Å². The van der Waals surface area contributed by atoms with Crippen molar-refractivity contribution in [1.29, 1.82) is 0 Å². The molecule has 0 spiro atoms. The Kier molecular flexibility index (Phi) is 20.1. The van der Waals surface area contributed by atoms with Gasteiger partial charge in [-0.15, -0.1) is 0 Å². The molecule has 0 aliphatic heterocycles. The van der Waals surface area contributed by atoms with Gasteiger partial charge in [-0.05, 0) is 25.7 Å². The molecule has 0 aromatic carbocycles. The molecule has 0 heterocycles. The Morgan fingerprint density at radius 1 is 0.444 bits per heavy atom. The van der Waals surface area contributed by atoms with E-state index >= 15 is 0 Å². The van der Waals surface area contributed by atoms with Gasteiger partial charge < -0.3 is 4.74 Å². The van der Waals surface area contributed by atoms with Crippen LogP contribution in [-0.2, 0) is 4.74 Å². The first kappa shape index (κ1) is 25.8. The van der Waals surface area contributed by atoms with Crippen molar-refractivity contribution in [2.24, 2.45) is 0 Å². The Morgan fingerprint density at radius 3 is 1.00 bits per heavy atom. The maximum atomic E-state index is 10.2. The Morgan fingerprint density at radius 2 is 0.704 bits per heavy atom. The zero-order valence-corrected chi connectivity index (χ0v) is 17.1. The monoisotopic (exact) mass is 388 g/mol. The van der Waals surface area contributed by atoms with Crippen LogP contribution in [0.3, 0.4) is 0 Å². The topological polar surface area (TPSA) is 95.5 Å². The van der Waals surface area contributed by atoms with Crippen LogP contribution in [0.15, 0.2) is 0 Å². The fourth-order valence-electron chi connectivity index (χ4n) is 3.11. The molecule has 0 saturated heterocycles. The molecule has 0 bridgehead atoms. The molecular formula is C20H40N2O5. The number of unbranched alkanes of at least 4 members (excludes halogenated alkanes) is 14. The van der Waals surface area contributed by atoms with Crippen LogP contribution in [0.2, 0.25) is 0 Å². The highest BCUT2D eigenvalue weighted by atomic mass is 16.6. The van der Waals surface area contributed by atoms with Gasteiger partial charge in [-0.3, -0.25) is 20.2 Å². The summed E-state index contributed by atoms with van der Waals surface area (Å²) in [4.78, 5) is 19.9. The van der Waals surface area contributed by atoms with Crippen molar-refractivity contribution < 1.29 is 14.6 Å². The summed E-state index contributed by atoms with van der Waals surface area (Å²) in [5, 5.41) is 20.4. The number of hydrogen-bond donors (Lipinski definition) is 0. The van der Waals surface area contributed by atoms with E-state index in [1.165, 1.54) is 51.4 Å². The molecule has 0 saturated carbocycles. The Labute approximate surface area is 164 Å². The largest absolute Gasteiger partial charge is 0.381 e. The van der Waals surface area contributed by atoms with Crippen molar-refractivity contribution >= 4 is 0 Å². The predicted molar refractivity (Wildman–Crippen MR) is 108 cm³/mol. The average Bonchev–Trinajstić information content (AvgIpc) is 2.62. The number of hydrogen-bond acceptors (Lipinski definition) is 5. The second-order valence-electron chi connectivity index (χ2n) is 7.38. The molecule has 7 nitrogen and oxygen atoms in total. The standard InChI is InChI=1S/C20H40N2O5/c23-21(24)17-13-9-5-1-3-7-11-15-19-27-20-16-12-8-4-2-6-10-14-18-22(25)26/h1-20H2. The van der Waals surface area contributed by atoms with Gasteiger partial charge in [0.05, 0.1) is 0 Å². The number of nitro groups is 2. The Balaban J connectivity index is 3.01. The third-order valence-electron chi connectivity index (χ3n) is 4.76. The summed E-state index contributed by atoms with van der Waals surface area (Å²) in [5.41, 5.74) is 0. The lowest BCUT2D eigenvalue weighted by Crippen LogP contribution is -1.99. The number of ether oxygens (including phenoxy) is 1. The molecular weight excluding hydrogens is 348 g/mol. The summed E-state index contributed by atoms with van der Waals surface area (Å²) < 4.78 is 5.67. The minimum absolute atomic E-state index is 0.114. The van der Waals surface area contributed by atoms with Crippen LogP contribution in [0, 0.1) is 20.2 Å². The lowest BCUT2D eigenvalue weighted by Gasteiger charge is -2.05. The van der Waals surface area contributed by atoms with Gasteiger partial charge in [-0.25, -0.2) is 0 Å². The van der Waals surface area contributed by atoms with E-state index in [-0.39, 0.29) is 22.9 Å². The van der Waals surface area contributed by atoms with Crippen LogP contribution in [0.5, 0.6) is 0 Å². The SMILES string of the molecule is O=[N+]([O-])CCCCCCCCCCOCCCCCCCCCC[N+](=O)[O-]. The van der Waals surface area contributed by atoms with E-state index in [1.54, 1.807) is 0 Å². The maximum absolute atomic E-state index is 10.2.